The summed E-state index contributed by atoms with van der Waals surface area (Å²) in [6.45, 7) is 0. The number of hydrogen-bond acceptors (Lipinski definition) is 2. The quantitative estimate of drug-likeness (QED) is 0.679. The van der Waals surface area contributed by atoms with E-state index < -0.39 is 0 Å². The number of aromatic nitrogens is 2. The standard InChI is InChI=1S/C19H16BrN3O/c1-23-12-10-21-17-14(15(12)19(18(23)24)8-5-9-19)13(16(20)22-17)11-6-3-2-4-7-11/h2-4,6-7,10H,5,8-9H2,1H3,(H,21,22). The number of H-pyrrole nitrogens is 1. The van der Waals surface area contributed by atoms with Crippen LogP contribution in [-0.2, 0) is 10.2 Å². The van der Waals surface area contributed by atoms with Crippen LogP contribution in [-0.4, -0.2) is 22.9 Å². The van der Waals surface area contributed by atoms with Gasteiger partial charge >= 0.3 is 0 Å². The maximum atomic E-state index is 12.9. The number of aromatic amines is 1. The minimum Gasteiger partial charge on any atom is -0.333 e. The lowest BCUT2D eigenvalue weighted by atomic mass is 9.64. The molecule has 1 spiro atoms. The number of anilines is 1. The Balaban J connectivity index is 1.91. The summed E-state index contributed by atoms with van der Waals surface area (Å²) in [6.07, 6.45) is 4.80. The van der Waals surface area contributed by atoms with Gasteiger partial charge in [0.2, 0.25) is 5.91 Å². The van der Waals surface area contributed by atoms with Gasteiger partial charge in [0.25, 0.3) is 0 Å². The van der Waals surface area contributed by atoms with Crippen LogP contribution in [0.5, 0.6) is 0 Å². The summed E-state index contributed by atoms with van der Waals surface area (Å²) < 4.78 is 0.918. The first-order valence-electron chi connectivity index (χ1n) is 8.18. The maximum absolute atomic E-state index is 12.9. The van der Waals surface area contributed by atoms with Gasteiger partial charge in [-0.25, -0.2) is 4.98 Å². The van der Waals surface area contributed by atoms with Gasteiger partial charge in [-0.15, -0.1) is 0 Å². The van der Waals surface area contributed by atoms with Crippen molar-refractivity contribution in [3.8, 4) is 11.1 Å². The fraction of sp³-hybridized carbons (Fsp3) is 0.263. The van der Waals surface area contributed by atoms with Crippen molar-refractivity contribution in [2.75, 3.05) is 11.9 Å². The number of nitrogens with one attached hydrogen (secondary N) is 1. The highest BCUT2D eigenvalue weighted by atomic mass is 79.9. The summed E-state index contributed by atoms with van der Waals surface area (Å²) in [7, 11) is 1.87. The maximum Gasteiger partial charge on any atom is 0.237 e. The number of halogens is 1. The Kier molecular flexibility index (Phi) is 2.78. The van der Waals surface area contributed by atoms with E-state index in [1.165, 1.54) is 0 Å². The molecule has 1 fully saturated rings. The number of carbonyl (C=O) groups excluding carboxylic acids is 1. The molecular weight excluding hydrogens is 366 g/mol. The highest BCUT2D eigenvalue weighted by Gasteiger charge is 2.55. The molecule has 1 aliphatic carbocycles. The number of amides is 1. The molecule has 3 heterocycles. The monoisotopic (exact) mass is 381 g/mol. The van der Waals surface area contributed by atoms with Gasteiger partial charge < -0.3 is 9.88 Å². The topological polar surface area (TPSA) is 49.0 Å². The summed E-state index contributed by atoms with van der Waals surface area (Å²) in [5, 5.41) is 1.09. The molecule has 3 aromatic rings. The third kappa shape index (κ3) is 1.58. The van der Waals surface area contributed by atoms with Gasteiger partial charge in [0.05, 0.1) is 21.9 Å². The number of hydrogen-bond donors (Lipinski definition) is 1. The van der Waals surface area contributed by atoms with Crippen molar-refractivity contribution >= 4 is 38.6 Å². The van der Waals surface area contributed by atoms with Gasteiger partial charge in [-0.3, -0.25) is 4.79 Å². The zero-order valence-corrected chi connectivity index (χ0v) is 14.9. The van der Waals surface area contributed by atoms with Gasteiger partial charge in [0.1, 0.15) is 5.65 Å². The molecule has 1 aliphatic heterocycles. The molecule has 0 unspecified atom stereocenters. The van der Waals surface area contributed by atoms with Crippen LogP contribution in [0.2, 0.25) is 0 Å². The molecule has 2 aromatic heterocycles. The van der Waals surface area contributed by atoms with Gasteiger partial charge in [-0.1, -0.05) is 36.8 Å². The Morgan fingerprint density at radius 3 is 2.67 bits per heavy atom. The third-order valence-electron chi connectivity index (χ3n) is 5.58. The lowest BCUT2D eigenvalue weighted by Gasteiger charge is -2.37. The molecule has 4 nitrogen and oxygen atoms in total. The van der Waals surface area contributed by atoms with Crippen LogP contribution in [0.1, 0.15) is 24.8 Å². The predicted molar refractivity (Wildman–Crippen MR) is 98.2 cm³/mol. The number of rotatable bonds is 1. The number of nitrogens with zero attached hydrogens (tertiary/aromatic N) is 2. The average molecular weight is 382 g/mol. The molecule has 1 aromatic carbocycles. The molecule has 5 rings (SSSR count). The molecule has 2 aliphatic rings. The Labute approximate surface area is 148 Å². The number of likely N-dealkylation sites (N-methyl/N-ethyl adjacent to an activating group) is 1. The van der Waals surface area contributed by atoms with Crippen LogP contribution < -0.4 is 4.90 Å². The van der Waals surface area contributed by atoms with Gasteiger partial charge in [-0.05, 0) is 34.3 Å². The fourth-order valence-electron chi connectivity index (χ4n) is 4.26. The zero-order chi connectivity index (χ0) is 16.5. The summed E-state index contributed by atoms with van der Waals surface area (Å²) in [4.78, 5) is 22.7. The van der Waals surface area contributed by atoms with Crippen molar-refractivity contribution < 1.29 is 4.79 Å². The molecule has 24 heavy (non-hydrogen) atoms. The number of pyridine rings is 1. The van der Waals surface area contributed by atoms with E-state index in [4.69, 9.17) is 0 Å². The predicted octanol–water partition coefficient (Wildman–Crippen LogP) is 4.39. The van der Waals surface area contributed by atoms with E-state index in [9.17, 15) is 4.79 Å². The normalized spacial score (nSPS) is 18.2. The minimum absolute atomic E-state index is 0.217. The van der Waals surface area contributed by atoms with Gasteiger partial charge in [0, 0.05) is 23.6 Å². The smallest absolute Gasteiger partial charge is 0.237 e. The van der Waals surface area contributed by atoms with Crippen LogP contribution in [0.25, 0.3) is 22.2 Å². The Hall–Kier alpha value is -2.14. The van der Waals surface area contributed by atoms with Crippen LogP contribution in [0.15, 0.2) is 41.1 Å². The molecule has 0 atom stereocenters. The van der Waals surface area contributed by atoms with E-state index in [2.05, 4.69) is 38.0 Å². The van der Waals surface area contributed by atoms with Gasteiger partial charge in [-0.2, -0.15) is 0 Å². The van der Waals surface area contributed by atoms with E-state index in [1.54, 1.807) is 4.90 Å². The lowest BCUT2D eigenvalue weighted by molar-refractivity contribution is -0.125. The Morgan fingerprint density at radius 2 is 2.00 bits per heavy atom. The van der Waals surface area contributed by atoms with Crippen molar-refractivity contribution in [3.63, 3.8) is 0 Å². The fourth-order valence-corrected chi connectivity index (χ4v) is 4.88. The Bertz CT molecular complexity index is 989. The third-order valence-corrected chi connectivity index (χ3v) is 6.17. The first-order valence-corrected chi connectivity index (χ1v) is 8.97. The van der Waals surface area contributed by atoms with Crippen LogP contribution >= 0.6 is 15.9 Å². The molecule has 0 radical (unpaired) electrons. The first kappa shape index (κ1) is 14.2. The SMILES string of the molecule is CN1C(=O)C2(CCC2)c2c1cnc1[nH]c(Br)c(-c3ccccc3)c21. The molecule has 0 bridgehead atoms. The summed E-state index contributed by atoms with van der Waals surface area (Å²) >= 11 is 3.67. The second-order valence-electron chi connectivity index (χ2n) is 6.72. The van der Waals surface area contributed by atoms with Crippen molar-refractivity contribution in [1.29, 1.82) is 0 Å². The van der Waals surface area contributed by atoms with E-state index in [-0.39, 0.29) is 11.3 Å². The summed E-state index contributed by atoms with van der Waals surface area (Å²) in [6, 6.07) is 10.3. The molecule has 1 N–H and O–H groups in total. The van der Waals surface area contributed by atoms with E-state index >= 15 is 0 Å². The summed E-state index contributed by atoms with van der Waals surface area (Å²) in [5.41, 5.74) is 4.83. The number of fused-ring (bicyclic) bond motifs is 4. The van der Waals surface area contributed by atoms with E-state index in [0.717, 1.165) is 57.3 Å². The van der Waals surface area contributed by atoms with Crippen LogP contribution in [0.4, 0.5) is 5.69 Å². The molecule has 1 saturated carbocycles. The highest BCUT2D eigenvalue weighted by Crippen LogP contribution is 2.56. The highest BCUT2D eigenvalue weighted by molar-refractivity contribution is 9.10. The molecule has 1 amide bonds. The molecule has 5 heteroatoms. The minimum atomic E-state index is -0.351. The van der Waals surface area contributed by atoms with Crippen molar-refractivity contribution in [1.82, 2.24) is 9.97 Å². The lowest BCUT2D eigenvalue weighted by Crippen LogP contribution is -2.43. The molecule has 0 saturated heterocycles. The van der Waals surface area contributed by atoms with Crippen LogP contribution in [0.3, 0.4) is 0 Å². The van der Waals surface area contributed by atoms with E-state index in [1.807, 2.05) is 31.4 Å². The van der Waals surface area contributed by atoms with Crippen molar-refractivity contribution in [3.05, 3.63) is 46.7 Å². The molecule has 120 valence electrons. The van der Waals surface area contributed by atoms with Crippen molar-refractivity contribution in [2.45, 2.75) is 24.7 Å². The van der Waals surface area contributed by atoms with Crippen molar-refractivity contribution in [2.24, 2.45) is 0 Å². The zero-order valence-electron chi connectivity index (χ0n) is 13.3. The largest absolute Gasteiger partial charge is 0.333 e. The van der Waals surface area contributed by atoms with E-state index in [0.29, 0.717) is 0 Å². The second-order valence-corrected chi connectivity index (χ2v) is 7.51. The van der Waals surface area contributed by atoms with Crippen LogP contribution in [0, 0.1) is 0 Å². The second kappa shape index (κ2) is 4.70. The Morgan fingerprint density at radius 1 is 1.25 bits per heavy atom. The molecular formula is C19H16BrN3O. The summed E-state index contributed by atoms with van der Waals surface area (Å²) in [5.74, 6) is 0.217. The number of carbonyl (C=O) groups is 1. The number of benzene rings is 1. The average Bonchev–Trinajstić information content (AvgIpc) is 3.00. The first-order chi connectivity index (χ1) is 11.6. The van der Waals surface area contributed by atoms with Gasteiger partial charge in [0.15, 0.2) is 0 Å².